The van der Waals surface area contributed by atoms with Gasteiger partial charge >= 0.3 is 0 Å². The van der Waals surface area contributed by atoms with Gasteiger partial charge in [-0.25, -0.2) is 18.4 Å². The first-order valence-electron chi connectivity index (χ1n) is 11.9. The van der Waals surface area contributed by atoms with E-state index in [1.165, 1.54) is 55.6 Å². The number of halogens is 2. The molecule has 0 spiro atoms. The summed E-state index contributed by atoms with van der Waals surface area (Å²) in [7, 11) is -2.77. The molecule has 0 saturated carbocycles. The summed E-state index contributed by atoms with van der Waals surface area (Å²) >= 11 is 12.1. The van der Waals surface area contributed by atoms with E-state index in [2.05, 4.69) is 25.3 Å². The number of para-hydroxylation sites is 2. The number of sulfonamides is 1. The minimum atomic E-state index is -4.22. The normalized spacial score (nSPS) is 10.9. The van der Waals surface area contributed by atoms with Crippen molar-refractivity contribution in [1.82, 2.24) is 9.97 Å². The van der Waals surface area contributed by atoms with E-state index < -0.39 is 15.9 Å². The lowest BCUT2D eigenvalue weighted by Gasteiger charge is -2.15. The van der Waals surface area contributed by atoms with E-state index in [4.69, 9.17) is 27.9 Å². The zero-order valence-corrected chi connectivity index (χ0v) is 23.6. The van der Waals surface area contributed by atoms with Crippen LogP contribution in [-0.2, 0) is 10.0 Å². The van der Waals surface area contributed by atoms with Gasteiger partial charge in [-0.15, -0.1) is 0 Å². The molecule has 216 valence electrons. The molecule has 0 aliphatic rings. The zero-order valence-electron chi connectivity index (χ0n) is 21.2. The molecule has 0 unspecified atom stereocenters. The first-order valence-corrected chi connectivity index (χ1v) is 14.2. The van der Waals surface area contributed by atoms with Crippen molar-refractivity contribution in [3.8, 4) is 11.5 Å². The summed E-state index contributed by atoms with van der Waals surface area (Å²) in [6.07, 6.45) is 0. The van der Waals surface area contributed by atoms with Gasteiger partial charge in [0.15, 0.2) is 11.6 Å². The van der Waals surface area contributed by atoms with Crippen LogP contribution in [0.4, 0.5) is 23.0 Å². The van der Waals surface area contributed by atoms with Gasteiger partial charge in [0.25, 0.3) is 15.9 Å². The summed E-state index contributed by atoms with van der Waals surface area (Å²) in [5.74, 6) is -0.262. The predicted molar refractivity (Wildman–Crippen MR) is 166 cm³/mol. The van der Waals surface area contributed by atoms with Crippen LogP contribution in [0.25, 0.3) is 11.0 Å². The second kappa shape index (κ2) is 12.5. The van der Waals surface area contributed by atoms with Crippen molar-refractivity contribution in [3.05, 3.63) is 101 Å². The summed E-state index contributed by atoms with van der Waals surface area (Å²) in [6.45, 7) is 0. The smallest absolute Gasteiger partial charge is 0.263 e. The van der Waals surface area contributed by atoms with Gasteiger partial charge < -0.3 is 20.5 Å². The summed E-state index contributed by atoms with van der Waals surface area (Å²) in [5, 5.41) is 16.2. The highest BCUT2D eigenvalue weighted by molar-refractivity contribution is 7.92. The Bertz CT molecular complexity index is 1900. The van der Waals surface area contributed by atoms with Crippen molar-refractivity contribution < 1.29 is 23.1 Å². The van der Waals surface area contributed by atoms with Gasteiger partial charge in [0, 0.05) is 34.6 Å². The van der Waals surface area contributed by atoms with Gasteiger partial charge in [-0.3, -0.25) is 9.52 Å². The number of phenolic OH excluding ortho intramolecular Hbond substituents is 1. The number of nitrogens with zero attached hydrogens (tertiary/aromatic N) is 2. The predicted octanol–water partition coefficient (Wildman–Crippen LogP) is 7.08. The first-order chi connectivity index (χ1) is 19.6. The third-order valence-corrected chi connectivity index (χ3v) is 7.67. The summed E-state index contributed by atoms with van der Waals surface area (Å²) < 4.78 is 34.7. The van der Waals surface area contributed by atoms with E-state index in [9.17, 15) is 18.3 Å². The molecule has 1 amide bonds. The van der Waals surface area contributed by atoms with Gasteiger partial charge in [-0.05, 0) is 48.5 Å². The topological polar surface area (TPSA) is 143 Å². The van der Waals surface area contributed by atoms with Gasteiger partial charge in [-0.2, -0.15) is 0 Å². The molecule has 42 heavy (non-hydrogen) atoms. The highest BCUT2D eigenvalue weighted by Gasteiger charge is 2.21. The second-order valence-electron chi connectivity index (χ2n) is 8.67. The fourth-order valence-corrected chi connectivity index (χ4v) is 5.30. The van der Waals surface area contributed by atoms with Gasteiger partial charge in [-0.1, -0.05) is 48.8 Å². The Labute approximate surface area is 252 Å². The Kier molecular flexibility index (Phi) is 9.05. The van der Waals surface area contributed by atoms with Crippen LogP contribution in [0.1, 0.15) is 17.8 Å². The van der Waals surface area contributed by atoms with E-state index in [1.54, 1.807) is 36.4 Å². The number of phenols is 1. The van der Waals surface area contributed by atoms with Crippen molar-refractivity contribution in [1.29, 1.82) is 0 Å². The molecule has 0 fully saturated rings. The van der Waals surface area contributed by atoms with E-state index in [1.807, 2.05) is 0 Å². The van der Waals surface area contributed by atoms with Gasteiger partial charge in [0.1, 0.15) is 11.5 Å². The van der Waals surface area contributed by atoms with Crippen LogP contribution >= 0.6 is 23.2 Å². The molecule has 0 bridgehead atoms. The van der Waals surface area contributed by atoms with E-state index in [0.717, 1.165) is 0 Å². The number of hydrogen-bond donors (Lipinski definition) is 4. The first kappa shape index (κ1) is 30.4. The third kappa shape index (κ3) is 6.82. The molecule has 5 aromatic rings. The Hall–Kier alpha value is -4.58. The lowest BCUT2D eigenvalue weighted by atomic mass is 10.2. The minimum Gasteiger partial charge on any atom is -0.508 e. The van der Waals surface area contributed by atoms with Crippen molar-refractivity contribution in [3.63, 3.8) is 0 Å². The lowest BCUT2D eigenvalue weighted by molar-refractivity contribution is 0.102. The van der Waals surface area contributed by atoms with E-state index >= 15 is 0 Å². The number of ether oxygens (including phenoxy) is 1. The highest BCUT2D eigenvalue weighted by Crippen LogP contribution is 2.31. The van der Waals surface area contributed by atoms with Crippen molar-refractivity contribution in [2.45, 2.75) is 12.3 Å². The molecule has 13 heteroatoms. The maximum atomic E-state index is 13.5. The quantitative estimate of drug-likeness (QED) is 0.143. The zero-order chi connectivity index (χ0) is 29.1. The summed E-state index contributed by atoms with van der Waals surface area (Å²) in [4.78, 5) is 21.6. The molecule has 0 atom stereocenters. The molecule has 0 saturated heterocycles. The molecule has 10 nitrogen and oxygen atoms in total. The standard InChI is InChI=1S/C28H21Cl2N5O5S.CH4/c1-40-20-13-18(12-19(36)15-20)31-26-27(34-25-8-3-2-7-24(25)33-26)35-41(38,39)21-6-4-5-17(14-21)32-28(37)22-11-16(29)9-10-23(22)30;/h2-15,36H,1H3,(H,31,33)(H,32,37)(H,34,35);1H4. The van der Waals surface area contributed by atoms with Crippen LogP contribution in [0.5, 0.6) is 11.5 Å². The van der Waals surface area contributed by atoms with Crippen LogP contribution in [0.2, 0.25) is 10.0 Å². The van der Waals surface area contributed by atoms with Crippen molar-refractivity contribution in [2.24, 2.45) is 0 Å². The number of aromatic nitrogens is 2. The largest absolute Gasteiger partial charge is 0.508 e. The molecule has 4 N–H and O–H groups in total. The van der Waals surface area contributed by atoms with Crippen LogP contribution in [0.15, 0.2) is 89.8 Å². The summed E-state index contributed by atoms with van der Waals surface area (Å²) in [5.41, 5.74) is 1.69. The number of benzene rings is 4. The molecular formula is C29H25Cl2N5O5S. The number of methoxy groups -OCH3 is 1. The average Bonchev–Trinajstić information content (AvgIpc) is 2.94. The molecule has 0 radical (unpaired) electrons. The lowest BCUT2D eigenvalue weighted by Crippen LogP contribution is -2.17. The Morgan fingerprint density at radius 1 is 0.857 bits per heavy atom. The molecule has 0 aliphatic heterocycles. The minimum absolute atomic E-state index is 0. The molecule has 4 aromatic carbocycles. The molecule has 1 heterocycles. The Morgan fingerprint density at radius 3 is 2.29 bits per heavy atom. The van der Waals surface area contributed by atoms with Crippen LogP contribution < -0.4 is 20.1 Å². The third-order valence-electron chi connectivity index (χ3n) is 5.77. The number of hydrogen-bond acceptors (Lipinski definition) is 8. The number of aromatic hydroxyl groups is 1. The van der Waals surface area contributed by atoms with Crippen molar-refractivity contribution in [2.75, 3.05) is 22.5 Å². The second-order valence-corrected chi connectivity index (χ2v) is 11.2. The number of amides is 1. The summed E-state index contributed by atoms with van der Waals surface area (Å²) in [6, 6.07) is 21.5. The Morgan fingerprint density at radius 2 is 1.57 bits per heavy atom. The van der Waals surface area contributed by atoms with Crippen LogP contribution in [0, 0.1) is 0 Å². The molecule has 5 rings (SSSR count). The van der Waals surface area contributed by atoms with E-state index in [-0.39, 0.29) is 46.0 Å². The van der Waals surface area contributed by atoms with Gasteiger partial charge in [0.05, 0.1) is 33.6 Å². The maximum Gasteiger partial charge on any atom is 0.263 e. The number of rotatable bonds is 8. The highest BCUT2D eigenvalue weighted by atomic mass is 35.5. The number of carbonyl (C=O) groups excluding carboxylic acids is 1. The van der Waals surface area contributed by atoms with Gasteiger partial charge in [0.2, 0.25) is 0 Å². The Balaban J connectivity index is 0.00000405. The van der Waals surface area contributed by atoms with E-state index in [0.29, 0.717) is 27.5 Å². The SMILES string of the molecule is C.COc1cc(O)cc(Nc2nc3ccccc3nc2NS(=O)(=O)c2cccc(NC(=O)c3cc(Cl)ccc3Cl)c2)c1. The fraction of sp³-hybridized carbons (Fsp3) is 0.0690. The number of carbonyl (C=O) groups is 1. The van der Waals surface area contributed by atoms with Crippen LogP contribution in [0.3, 0.4) is 0 Å². The monoisotopic (exact) mass is 625 g/mol. The molecular weight excluding hydrogens is 601 g/mol. The fourth-order valence-electron chi connectivity index (χ4n) is 3.87. The number of anilines is 4. The molecule has 1 aromatic heterocycles. The number of fused-ring (bicyclic) bond motifs is 1. The maximum absolute atomic E-state index is 13.5. The van der Waals surface area contributed by atoms with Crippen molar-refractivity contribution >= 4 is 73.2 Å². The van der Waals surface area contributed by atoms with Crippen LogP contribution in [-0.4, -0.2) is 36.5 Å². The number of nitrogens with one attached hydrogen (secondary N) is 3. The molecule has 0 aliphatic carbocycles. The average molecular weight is 627 g/mol.